The summed E-state index contributed by atoms with van der Waals surface area (Å²) in [6.07, 6.45) is 12.6. The zero-order valence-electron chi connectivity index (χ0n) is 21.9. The fourth-order valence-electron chi connectivity index (χ4n) is 3.69. The van der Waals surface area contributed by atoms with E-state index in [1.54, 1.807) is 0 Å². The quantitative estimate of drug-likeness (QED) is 0.0985. The summed E-state index contributed by atoms with van der Waals surface area (Å²) < 4.78 is 77.8. The lowest BCUT2D eigenvalue weighted by Gasteiger charge is -2.13. The third-order valence-corrected chi connectivity index (χ3v) is 5.88. The van der Waals surface area contributed by atoms with Crippen LogP contribution in [-0.4, -0.2) is 20.9 Å². The van der Waals surface area contributed by atoms with E-state index in [0.717, 1.165) is 64.2 Å². The standard InChI is InChI=1S/C28H38BF4O4/c1-3-5-7-9-11-13-19-34-21-15-17-23(27(32)25(21)30)36-29-37-24-18-16-22(26(31)28(24)33)35-20-14-12-10-8-6-4-2/h15-18H,3-14,19-20H2,1-2H3. The highest BCUT2D eigenvalue weighted by Gasteiger charge is 2.19. The van der Waals surface area contributed by atoms with Crippen LogP contribution in [-0.2, 0) is 0 Å². The molecule has 0 amide bonds. The number of hydrogen-bond donors (Lipinski definition) is 0. The average Bonchev–Trinajstić information content (AvgIpc) is 2.90. The summed E-state index contributed by atoms with van der Waals surface area (Å²) in [5, 5.41) is 0. The Kier molecular flexibility index (Phi) is 14.7. The molecule has 0 fully saturated rings. The monoisotopic (exact) mass is 525 g/mol. The summed E-state index contributed by atoms with van der Waals surface area (Å²) in [5.41, 5.74) is 0. The molecule has 1 radical (unpaired) electrons. The highest BCUT2D eigenvalue weighted by atomic mass is 19.2. The van der Waals surface area contributed by atoms with Crippen molar-refractivity contribution >= 4 is 7.69 Å². The van der Waals surface area contributed by atoms with Crippen molar-refractivity contribution in [1.29, 1.82) is 0 Å². The van der Waals surface area contributed by atoms with Gasteiger partial charge in [-0.1, -0.05) is 78.1 Å². The van der Waals surface area contributed by atoms with Crippen LogP contribution in [0.5, 0.6) is 23.0 Å². The first-order valence-corrected chi connectivity index (χ1v) is 13.4. The molecule has 4 nitrogen and oxygen atoms in total. The molecule has 0 heterocycles. The van der Waals surface area contributed by atoms with E-state index in [0.29, 0.717) is 7.69 Å². The molecule has 2 rings (SSSR count). The van der Waals surface area contributed by atoms with Crippen molar-refractivity contribution in [3.63, 3.8) is 0 Å². The van der Waals surface area contributed by atoms with Crippen LogP contribution in [0.1, 0.15) is 90.9 Å². The first kappa shape index (κ1) is 30.6. The molecule has 0 atom stereocenters. The lowest BCUT2D eigenvalue weighted by molar-refractivity contribution is 0.281. The maximum atomic E-state index is 14.3. The molecule has 0 aliphatic rings. The first-order valence-electron chi connectivity index (χ1n) is 13.4. The van der Waals surface area contributed by atoms with E-state index in [1.165, 1.54) is 37.1 Å². The largest absolute Gasteiger partial charge is 0.658 e. The smallest absolute Gasteiger partial charge is 0.524 e. The van der Waals surface area contributed by atoms with Gasteiger partial charge in [-0.2, -0.15) is 17.6 Å². The van der Waals surface area contributed by atoms with Crippen LogP contribution in [0.3, 0.4) is 0 Å². The SMILES string of the molecule is CCCCCCCCOc1ccc(O[B]Oc2ccc(OCCCCCCCC)c(F)c2F)c(F)c1F. The summed E-state index contributed by atoms with van der Waals surface area (Å²) in [6.45, 7) is 4.84. The van der Waals surface area contributed by atoms with Crippen LogP contribution < -0.4 is 18.8 Å². The Balaban J connectivity index is 1.78. The summed E-state index contributed by atoms with van der Waals surface area (Å²) in [4.78, 5) is 0. The zero-order chi connectivity index (χ0) is 26.9. The minimum Gasteiger partial charge on any atom is -0.524 e. The van der Waals surface area contributed by atoms with Gasteiger partial charge in [0.05, 0.1) is 13.2 Å². The normalized spacial score (nSPS) is 10.9. The number of halogens is 4. The van der Waals surface area contributed by atoms with Crippen molar-refractivity contribution < 1.29 is 36.3 Å². The Bertz CT molecular complexity index is 856. The Morgan fingerprint density at radius 3 is 1.22 bits per heavy atom. The van der Waals surface area contributed by atoms with Gasteiger partial charge in [0.25, 0.3) is 0 Å². The average molecular weight is 525 g/mol. The van der Waals surface area contributed by atoms with Crippen LogP contribution in [0.2, 0.25) is 0 Å². The van der Waals surface area contributed by atoms with E-state index in [-0.39, 0.29) is 24.7 Å². The number of rotatable bonds is 20. The van der Waals surface area contributed by atoms with Crippen molar-refractivity contribution in [3.05, 3.63) is 47.5 Å². The van der Waals surface area contributed by atoms with Gasteiger partial charge in [0.1, 0.15) is 11.5 Å². The molecule has 0 aliphatic carbocycles. The van der Waals surface area contributed by atoms with Gasteiger partial charge in [0.15, 0.2) is 11.5 Å². The molecule has 9 heteroatoms. The number of ether oxygens (including phenoxy) is 2. The van der Waals surface area contributed by atoms with Crippen LogP contribution in [0, 0.1) is 23.3 Å². The minimum atomic E-state index is -1.27. The van der Waals surface area contributed by atoms with Gasteiger partial charge in [-0.05, 0) is 37.1 Å². The molecule has 0 unspecified atom stereocenters. The predicted octanol–water partition coefficient (Wildman–Crippen LogP) is 8.71. The van der Waals surface area contributed by atoms with Crippen molar-refractivity contribution in [2.45, 2.75) is 90.9 Å². The molecule has 2 aromatic rings. The minimum absolute atomic E-state index is 0.219. The van der Waals surface area contributed by atoms with Gasteiger partial charge in [-0.3, -0.25) is 0 Å². The van der Waals surface area contributed by atoms with E-state index < -0.39 is 34.8 Å². The van der Waals surface area contributed by atoms with Gasteiger partial charge in [-0.15, -0.1) is 0 Å². The number of hydrogen-bond acceptors (Lipinski definition) is 4. The second-order valence-corrected chi connectivity index (χ2v) is 8.94. The van der Waals surface area contributed by atoms with Crippen LogP contribution in [0.4, 0.5) is 17.6 Å². The second-order valence-electron chi connectivity index (χ2n) is 8.94. The van der Waals surface area contributed by atoms with Crippen molar-refractivity contribution in [3.8, 4) is 23.0 Å². The molecule has 2 aromatic carbocycles. The molecule has 0 saturated heterocycles. The molecule has 0 spiro atoms. The third-order valence-electron chi connectivity index (χ3n) is 5.88. The van der Waals surface area contributed by atoms with Crippen LogP contribution in [0.15, 0.2) is 24.3 Å². The first-order chi connectivity index (χ1) is 18.0. The topological polar surface area (TPSA) is 36.9 Å². The molecule has 0 saturated carbocycles. The summed E-state index contributed by atoms with van der Waals surface area (Å²) in [6, 6.07) is 4.83. The highest BCUT2D eigenvalue weighted by Crippen LogP contribution is 2.30. The molecule has 37 heavy (non-hydrogen) atoms. The fraction of sp³-hybridized carbons (Fsp3) is 0.571. The Hall–Kier alpha value is -2.58. The zero-order valence-corrected chi connectivity index (χ0v) is 21.9. The lowest BCUT2D eigenvalue weighted by atomic mass is 10.1. The van der Waals surface area contributed by atoms with E-state index in [2.05, 4.69) is 13.8 Å². The Morgan fingerprint density at radius 1 is 0.486 bits per heavy atom. The van der Waals surface area contributed by atoms with E-state index >= 15 is 0 Å². The molecule has 0 bridgehead atoms. The maximum Gasteiger partial charge on any atom is 0.658 e. The van der Waals surface area contributed by atoms with Crippen molar-refractivity contribution in [2.24, 2.45) is 0 Å². The predicted molar refractivity (Wildman–Crippen MR) is 137 cm³/mol. The van der Waals surface area contributed by atoms with E-state index in [4.69, 9.17) is 18.8 Å². The molecule has 0 N–H and O–H groups in total. The fourth-order valence-corrected chi connectivity index (χ4v) is 3.69. The van der Waals surface area contributed by atoms with Gasteiger partial charge in [0.2, 0.25) is 23.3 Å². The van der Waals surface area contributed by atoms with E-state index in [9.17, 15) is 17.6 Å². The molecule has 0 aromatic heterocycles. The molecular weight excluding hydrogens is 487 g/mol. The highest BCUT2D eigenvalue weighted by molar-refractivity contribution is 6.20. The summed E-state index contributed by atoms with van der Waals surface area (Å²) in [5.74, 6) is -6.33. The number of unbranched alkanes of at least 4 members (excludes halogenated alkanes) is 10. The van der Waals surface area contributed by atoms with Gasteiger partial charge in [-0.25, -0.2) is 0 Å². The lowest BCUT2D eigenvalue weighted by Crippen LogP contribution is -2.14. The molecular formula is C28H38BF4O4. The van der Waals surface area contributed by atoms with Crippen molar-refractivity contribution in [1.82, 2.24) is 0 Å². The number of benzene rings is 2. The van der Waals surface area contributed by atoms with Gasteiger partial charge < -0.3 is 18.8 Å². The Labute approximate surface area is 219 Å². The van der Waals surface area contributed by atoms with Gasteiger partial charge in [0, 0.05) is 0 Å². The van der Waals surface area contributed by atoms with Gasteiger partial charge >= 0.3 is 7.69 Å². The van der Waals surface area contributed by atoms with Crippen LogP contribution >= 0.6 is 0 Å². The molecule has 0 aliphatic heterocycles. The summed E-state index contributed by atoms with van der Waals surface area (Å²) in [7, 11) is 0.601. The maximum absolute atomic E-state index is 14.3. The Morgan fingerprint density at radius 2 is 0.811 bits per heavy atom. The van der Waals surface area contributed by atoms with Crippen molar-refractivity contribution in [2.75, 3.05) is 13.2 Å². The molecule has 205 valence electrons. The van der Waals surface area contributed by atoms with Crippen LogP contribution in [0.25, 0.3) is 0 Å². The third kappa shape index (κ3) is 10.7. The van der Waals surface area contributed by atoms with E-state index in [1.807, 2.05) is 0 Å². The second kappa shape index (κ2) is 17.8. The summed E-state index contributed by atoms with van der Waals surface area (Å²) >= 11 is 0.